The van der Waals surface area contributed by atoms with Crippen molar-refractivity contribution in [1.82, 2.24) is 10.3 Å². The van der Waals surface area contributed by atoms with Gasteiger partial charge in [-0.2, -0.15) is 0 Å². The molecule has 1 heterocycles. The molecule has 4 nitrogen and oxygen atoms in total. The largest absolute Gasteiger partial charge is 0.487 e. The Bertz CT molecular complexity index is 705. The van der Waals surface area contributed by atoms with Gasteiger partial charge in [-0.1, -0.05) is 30.4 Å². The van der Waals surface area contributed by atoms with Crippen molar-refractivity contribution >= 4 is 0 Å². The molecule has 1 aromatic carbocycles. The fraction of sp³-hybridized carbons (Fsp3) is 0.381. The number of nitrogens with one attached hydrogen (secondary N) is 1. The van der Waals surface area contributed by atoms with Gasteiger partial charge in [0.05, 0.1) is 5.69 Å². The molecule has 0 aliphatic heterocycles. The van der Waals surface area contributed by atoms with Crippen LogP contribution in [-0.2, 0) is 13.2 Å². The second-order valence-electron chi connectivity index (χ2n) is 6.72. The Morgan fingerprint density at radius 2 is 2.00 bits per heavy atom. The van der Waals surface area contributed by atoms with Gasteiger partial charge in [0.25, 0.3) is 0 Å². The summed E-state index contributed by atoms with van der Waals surface area (Å²) in [5, 5.41) is 12.8. The number of aliphatic hydroxyl groups excluding tert-OH is 1. The van der Waals surface area contributed by atoms with Crippen LogP contribution in [0.15, 0.2) is 48.7 Å². The Hall–Kier alpha value is -2.17. The molecule has 4 heteroatoms. The first-order chi connectivity index (χ1) is 12.2. The van der Waals surface area contributed by atoms with Crippen LogP contribution in [0.5, 0.6) is 5.75 Å². The van der Waals surface area contributed by atoms with Gasteiger partial charge in [-0.25, -0.2) is 0 Å². The number of nitrogens with zero attached hydrogens (tertiary/aromatic N) is 1. The Morgan fingerprint density at radius 1 is 1.20 bits per heavy atom. The van der Waals surface area contributed by atoms with Crippen molar-refractivity contribution in [1.29, 1.82) is 0 Å². The summed E-state index contributed by atoms with van der Waals surface area (Å²) in [4.78, 5) is 4.30. The number of aliphatic hydroxyl groups is 1. The molecule has 25 heavy (non-hydrogen) atoms. The maximum absolute atomic E-state index is 9.21. The van der Waals surface area contributed by atoms with Crippen molar-refractivity contribution in [3.63, 3.8) is 0 Å². The smallest absolute Gasteiger partial charge is 0.130 e. The summed E-state index contributed by atoms with van der Waals surface area (Å²) in [7, 11) is 0. The van der Waals surface area contributed by atoms with Crippen molar-refractivity contribution in [2.24, 2.45) is 5.92 Å². The van der Waals surface area contributed by atoms with Crippen LogP contribution in [0.4, 0.5) is 0 Å². The van der Waals surface area contributed by atoms with Crippen molar-refractivity contribution in [3.8, 4) is 5.75 Å². The van der Waals surface area contributed by atoms with Gasteiger partial charge in [0.15, 0.2) is 0 Å². The van der Waals surface area contributed by atoms with Gasteiger partial charge in [0.2, 0.25) is 0 Å². The van der Waals surface area contributed by atoms with Crippen LogP contribution in [0.2, 0.25) is 0 Å². The highest BCUT2D eigenvalue weighted by molar-refractivity contribution is 5.43. The summed E-state index contributed by atoms with van der Waals surface area (Å²) in [5.41, 5.74) is 4.46. The number of ether oxygens (including phenoxy) is 1. The number of benzene rings is 1. The summed E-state index contributed by atoms with van der Waals surface area (Å²) in [5.74, 6) is 1.24. The molecule has 3 rings (SSSR count). The highest BCUT2D eigenvalue weighted by Gasteiger charge is 2.17. The van der Waals surface area contributed by atoms with E-state index < -0.39 is 0 Å². The van der Waals surface area contributed by atoms with E-state index in [1.165, 1.54) is 5.56 Å². The first kappa shape index (κ1) is 17.6. The standard InChI is InChI=1S/C21H26N2O2/c1-15-9-18(12-23-19-7-6-17(11-19)13-24)10-16(2)21(15)25-14-20-5-3-4-8-22-20/h3-10,17,19,23-24H,11-14H2,1-2H3/t17-,19+/m0/s1. The minimum absolute atomic E-state index is 0.231. The van der Waals surface area contributed by atoms with E-state index in [-0.39, 0.29) is 6.61 Å². The van der Waals surface area contributed by atoms with Gasteiger partial charge in [-0.3, -0.25) is 4.98 Å². The van der Waals surface area contributed by atoms with Crippen molar-refractivity contribution in [2.45, 2.75) is 39.5 Å². The lowest BCUT2D eigenvalue weighted by Gasteiger charge is -2.16. The second kappa shape index (κ2) is 8.28. The van der Waals surface area contributed by atoms with Gasteiger partial charge in [-0.05, 0) is 49.1 Å². The van der Waals surface area contributed by atoms with Crippen LogP contribution >= 0.6 is 0 Å². The summed E-state index contributed by atoms with van der Waals surface area (Å²) < 4.78 is 5.99. The van der Waals surface area contributed by atoms with E-state index in [2.05, 4.69) is 48.4 Å². The molecule has 1 aliphatic rings. The van der Waals surface area contributed by atoms with E-state index in [4.69, 9.17) is 4.74 Å². The maximum Gasteiger partial charge on any atom is 0.130 e. The molecule has 0 radical (unpaired) electrons. The molecule has 0 bridgehead atoms. The number of rotatable bonds is 7. The van der Waals surface area contributed by atoms with Crippen LogP contribution in [0, 0.1) is 19.8 Å². The fourth-order valence-electron chi connectivity index (χ4n) is 3.31. The Balaban J connectivity index is 1.59. The number of aryl methyl sites for hydroxylation is 2. The third kappa shape index (κ3) is 4.68. The van der Waals surface area contributed by atoms with Gasteiger partial charge >= 0.3 is 0 Å². The first-order valence-corrected chi connectivity index (χ1v) is 8.81. The van der Waals surface area contributed by atoms with Crippen LogP contribution < -0.4 is 10.1 Å². The normalized spacial score (nSPS) is 19.3. The fourth-order valence-corrected chi connectivity index (χ4v) is 3.31. The molecule has 1 aliphatic carbocycles. The van der Waals surface area contributed by atoms with Gasteiger partial charge in [0.1, 0.15) is 12.4 Å². The van der Waals surface area contributed by atoms with Crippen molar-refractivity contribution < 1.29 is 9.84 Å². The van der Waals surface area contributed by atoms with Gasteiger partial charge < -0.3 is 15.2 Å². The lowest BCUT2D eigenvalue weighted by Crippen LogP contribution is -2.26. The average Bonchev–Trinajstić information content (AvgIpc) is 3.08. The van der Waals surface area contributed by atoms with E-state index in [1.807, 2.05) is 18.2 Å². The quantitative estimate of drug-likeness (QED) is 0.761. The van der Waals surface area contributed by atoms with Gasteiger partial charge in [0, 0.05) is 31.3 Å². The predicted molar refractivity (Wildman–Crippen MR) is 99.4 cm³/mol. The molecule has 0 unspecified atom stereocenters. The molecule has 0 amide bonds. The Labute approximate surface area is 149 Å². The summed E-state index contributed by atoms with van der Waals surface area (Å²) >= 11 is 0. The van der Waals surface area contributed by atoms with Crippen LogP contribution in [0.25, 0.3) is 0 Å². The molecule has 0 spiro atoms. The van der Waals surface area contributed by atoms with Crippen LogP contribution in [-0.4, -0.2) is 22.7 Å². The third-order valence-corrected chi connectivity index (χ3v) is 4.59. The van der Waals surface area contributed by atoms with E-state index in [0.29, 0.717) is 18.6 Å². The molecule has 2 aromatic rings. The zero-order chi connectivity index (χ0) is 17.6. The van der Waals surface area contributed by atoms with Crippen LogP contribution in [0.1, 0.15) is 28.8 Å². The molecule has 2 N–H and O–H groups in total. The van der Waals surface area contributed by atoms with Crippen molar-refractivity contribution in [2.75, 3.05) is 6.61 Å². The molecule has 0 fully saturated rings. The van der Waals surface area contributed by atoms with Crippen molar-refractivity contribution in [3.05, 3.63) is 71.1 Å². The molecule has 0 saturated carbocycles. The number of hydrogen-bond acceptors (Lipinski definition) is 4. The van der Waals surface area contributed by atoms with Gasteiger partial charge in [-0.15, -0.1) is 0 Å². The van der Waals surface area contributed by atoms with E-state index in [0.717, 1.165) is 35.5 Å². The van der Waals surface area contributed by atoms with E-state index in [1.54, 1.807) is 6.20 Å². The molecule has 132 valence electrons. The van der Waals surface area contributed by atoms with Crippen LogP contribution in [0.3, 0.4) is 0 Å². The topological polar surface area (TPSA) is 54.4 Å². The molecule has 0 saturated heterocycles. The SMILES string of the molecule is Cc1cc(CN[C@@H]2C=C[C@H](CO)C2)cc(C)c1OCc1ccccn1. The average molecular weight is 338 g/mol. The zero-order valence-corrected chi connectivity index (χ0v) is 14.9. The zero-order valence-electron chi connectivity index (χ0n) is 14.9. The predicted octanol–water partition coefficient (Wildman–Crippen LogP) is 3.30. The molecule has 2 atom stereocenters. The number of pyridine rings is 1. The molecule has 1 aromatic heterocycles. The second-order valence-corrected chi connectivity index (χ2v) is 6.72. The summed E-state index contributed by atoms with van der Waals surface area (Å²) in [6.45, 7) is 5.70. The number of hydrogen-bond donors (Lipinski definition) is 2. The van der Waals surface area contributed by atoms with E-state index in [9.17, 15) is 5.11 Å². The summed E-state index contributed by atoms with van der Waals surface area (Å²) in [6, 6.07) is 10.5. The highest BCUT2D eigenvalue weighted by atomic mass is 16.5. The third-order valence-electron chi connectivity index (χ3n) is 4.59. The Morgan fingerprint density at radius 3 is 2.64 bits per heavy atom. The minimum Gasteiger partial charge on any atom is -0.487 e. The molecular formula is C21H26N2O2. The lowest BCUT2D eigenvalue weighted by molar-refractivity contribution is 0.246. The number of aromatic nitrogens is 1. The Kier molecular flexibility index (Phi) is 5.84. The first-order valence-electron chi connectivity index (χ1n) is 8.81. The van der Waals surface area contributed by atoms with E-state index >= 15 is 0 Å². The minimum atomic E-state index is 0.231. The molecular weight excluding hydrogens is 312 g/mol. The lowest BCUT2D eigenvalue weighted by atomic mass is 10.0. The maximum atomic E-state index is 9.21. The monoisotopic (exact) mass is 338 g/mol. The summed E-state index contributed by atoms with van der Waals surface area (Å²) in [6.07, 6.45) is 7.01. The highest BCUT2D eigenvalue weighted by Crippen LogP contribution is 2.26.